The minimum Gasteiger partial charge on any atom is -0.481 e. The van der Waals surface area contributed by atoms with Crippen molar-refractivity contribution in [3.8, 4) is 11.8 Å². The first-order valence-corrected chi connectivity index (χ1v) is 6.59. The predicted octanol–water partition coefficient (Wildman–Crippen LogP) is 1.94. The van der Waals surface area contributed by atoms with Crippen LogP contribution in [0.15, 0.2) is 0 Å². The van der Waals surface area contributed by atoms with Crippen molar-refractivity contribution in [1.82, 2.24) is 0 Å². The van der Waals surface area contributed by atoms with Gasteiger partial charge in [0.05, 0.1) is 0 Å². The van der Waals surface area contributed by atoms with Gasteiger partial charge in [-0.05, 0) is 25.7 Å². The molecular weight excluding hydrogens is 232 g/mol. The molecule has 0 aromatic heterocycles. The van der Waals surface area contributed by atoms with Crippen molar-refractivity contribution in [1.29, 1.82) is 0 Å². The molecule has 1 aliphatic carbocycles. The molecule has 18 heavy (non-hydrogen) atoms. The Hall–Kier alpha value is -1.05. The molecule has 4 nitrogen and oxygen atoms in total. The van der Waals surface area contributed by atoms with E-state index in [0.29, 0.717) is 0 Å². The van der Waals surface area contributed by atoms with E-state index in [4.69, 9.17) is 9.90 Å². The number of hydrogen-bond donors (Lipinski definition) is 3. The molecule has 4 heteroatoms. The first-order valence-electron chi connectivity index (χ1n) is 6.59. The van der Waals surface area contributed by atoms with Gasteiger partial charge in [-0.2, -0.15) is 0 Å². The molecule has 2 atom stereocenters. The Morgan fingerprint density at radius 3 is 1.50 bits per heavy atom. The molecule has 0 radical (unpaired) electrons. The smallest absolute Gasteiger partial charge is 0.300 e. The SMILES string of the molecule is CC(=O)O.OC1C#CC(O)CCCCCCCC1. The fourth-order valence-corrected chi connectivity index (χ4v) is 1.72. The normalized spacial score (nSPS) is 25.3. The average molecular weight is 256 g/mol. The number of carbonyl (C=O) groups is 1. The molecule has 0 bridgehead atoms. The third-order valence-corrected chi connectivity index (χ3v) is 2.62. The molecule has 3 N–H and O–H groups in total. The molecule has 0 fully saturated rings. The van der Waals surface area contributed by atoms with E-state index in [1.807, 2.05) is 0 Å². The van der Waals surface area contributed by atoms with Gasteiger partial charge in [0.25, 0.3) is 5.97 Å². The monoisotopic (exact) mass is 256 g/mol. The highest BCUT2D eigenvalue weighted by Gasteiger charge is 2.03. The van der Waals surface area contributed by atoms with Crippen LogP contribution < -0.4 is 0 Å². The van der Waals surface area contributed by atoms with Crippen LogP contribution in [0.4, 0.5) is 0 Å². The summed E-state index contributed by atoms with van der Waals surface area (Å²) < 4.78 is 0. The molecule has 0 aliphatic heterocycles. The summed E-state index contributed by atoms with van der Waals surface area (Å²) in [4.78, 5) is 9.00. The molecule has 1 aliphatic rings. The second kappa shape index (κ2) is 11.1. The number of aliphatic hydroxyl groups is 2. The van der Waals surface area contributed by atoms with E-state index in [2.05, 4.69) is 11.8 Å². The topological polar surface area (TPSA) is 77.8 Å². The summed E-state index contributed by atoms with van der Waals surface area (Å²) in [6, 6.07) is 0. The van der Waals surface area contributed by atoms with E-state index in [9.17, 15) is 10.2 Å². The first kappa shape index (κ1) is 16.9. The molecule has 0 aromatic rings. The van der Waals surface area contributed by atoms with E-state index in [0.717, 1.165) is 32.6 Å². The van der Waals surface area contributed by atoms with Gasteiger partial charge in [-0.15, -0.1) is 0 Å². The Kier molecular flexibility index (Phi) is 10.4. The van der Waals surface area contributed by atoms with E-state index in [1.165, 1.54) is 25.7 Å². The van der Waals surface area contributed by atoms with E-state index in [1.54, 1.807) is 0 Å². The maximum Gasteiger partial charge on any atom is 0.300 e. The van der Waals surface area contributed by atoms with Crippen molar-refractivity contribution >= 4 is 5.97 Å². The Morgan fingerprint density at radius 2 is 1.17 bits per heavy atom. The van der Waals surface area contributed by atoms with Gasteiger partial charge >= 0.3 is 0 Å². The molecule has 1 rings (SSSR count). The van der Waals surface area contributed by atoms with E-state index in [-0.39, 0.29) is 0 Å². The number of aliphatic hydroxyl groups excluding tert-OH is 2. The number of carboxylic acid groups (broad SMARTS) is 1. The second-order valence-corrected chi connectivity index (χ2v) is 4.54. The standard InChI is InChI=1S/C12H20O2.C2H4O2/c13-11-7-5-3-1-2-4-6-8-12(14)10-9-11;1-2(3)4/h11-14H,1-8H2;1H3,(H,3,4). The lowest BCUT2D eigenvalue weighted by atomic mass is 10.0. The number of rotatable bonds is 0. The molecule has 0 saturated carbocycles. The Bertz CT molecular complexity index is 253. The van der Waals surface area contributed by atoms with Gasteiger partial charge in [-0.3, -0.25) is 4.79 Å². The average Bonchev–Trinajstić information content (AvgIpc) is 2.27. The third kappa shape index (κ3) is 13.0. The Balaban J connectivity index is 0.000000631. The molecule has 0 amide bonds. The zero-order valence-corrected chi connectivity index (χ0v) is 11.1. The zero-order valence-electron chi connectivity index (χ0n) is 11.1. The molecular formula is C14H24O4. The summed E-state index contributed by atoms with van der Waals surface area (Å²) in [5, 5.41) is 26.3. The molecule has 0 aromatic carbocycles. The van der Waals surface area contributed by atoms with Crippen LogP contribution >= 0.6 is 0 Å². The number of hydrogen-bond acceptors (Lipinski definition) is 3. The number of aliphatic carboxylic acids is 1. The summed E-state index contributed by atoms with van der Waals surface area (Å²) in [5.41, 5.74) is 0. The van der Waals surface area contributed by atoms with Crippen molar-refractivity contribution in [2.24, 2.45) is 0 Å². The molecule has 0 spiro atoms. The summed E-state index contributed by atoms with van der Waals surface area (Å²) in [5.74, 6) is 4.58. The third-order valence-electron chi connectivity index (χ3n) is 2.62. The highest BCUT2D eigenvalue weighted by Crippen LogP contribution is 2.11. The maximum absolute atomic E-state index is 9.43. The summed E-state index contributed by atoms with van der Waals surface area (Å²) in [6.45, 7) is 1.08. The van der Waals surface area contributed by atoms with Gasteiger partial charge in [0, 0.05) is 6.92 Å². The Labute approximate surface area is 109 Å². The lowest BCUT2D eigenvalue weighted by Gasteiger charge is -2.07. The second-order valence-electron chi connectivity index (χ2n) is 4.54. The summed E-state index contributed by atoms with van der Waals surface area (Å²) in [7, 11) is 0. The highest BCUT2D eigenvalue weighted by atomic mass is 16.4. The first-order chi connectivity index (χ1) is 8.52. The fourth-order valence-electron chi connectivity index (χ4n) is 1.72. The van der Waals surface area contributed by atoms with Gasteiger partial charge in [0.2, 0.25) is 0 Å². The minimum atomic E-state index is -0.833. The van der Waals surface area contributed by atoms with Gasteiger partial charge in [0.15, 0.2) is 0 Å². The van der Waals surface area contributed by atoms with Gasteiger partial charge in [0.1, 0.15) is 12.2 Å². The number of carboxylic acids is 1. The largest absolute Gasteiger partial charge is 0.481 e. The van der Waals surface area contributed by atoms with Crippen LogP contribution in [0.1, 0.15) is 58.3 Å². The van der Waals surface area contributed by atoms with Gasteiger partial charge < -0.3 is 15.3 Å². The lowest BCUT2D eigenvalue weighted by Crippen LogP contribution is -2.07. The zero-order chi connectivity index (χ0) is 13.8. The summed E-state index contributed by atoms with van der Waals surface area (Å²) >= 11 is 0. The van der Waals surface area contributed by atoms with Crippen LogP contribution in [0, 0.1) is 11.8 Å². The van der Waals surface area contributed by atoms with Crippen molar-refractivity contribution < 1.29 is 20.1 Å². The van der Waals surface area contributed by atoms with E-state index >= 15 is 0 Å². The van der Waals surface area contributed by atoms with Crippen LogP contribution in [0.2, 0.25) is 0 Å². The molecule has 0 saturated heterocycles. The highest BCUT2D eigenvalue weighted by molar-refractivity contribution is 5.62. The van der Waals surface area contributed by atoms with E-state index < -0.39 is 18.2 Å². The molecule has 2 unspecified atom stereocenters. The predicted molar refractivity (Wildman–Crippen MR) is 70.0 cm³/mol. The minimum absolute atomic E-state index is 0.538. The van der Waals surface area contributed by atoms with Crippen LogP contribution in [-0.4, -0.2) is 33.5 Å². The van der Waals surface area contributed by atoms with Crippen LogP contribution in [0.3, 0.4) is 0 Å². The lowest BCUT2D eigenvalue weighted by molar-refractivity contribution is -0.134. The van der Waals surface area contributed by atoms with Gasteiger partial charge in [-0.1, -0.05) is 37.5 Å². The van der Waals surface area contributed by atoms with Crippen molar-refractivity contribution in [3.63, 3.8) is 0 Å². The van der Waals surface area contributed by atoms with Crippen LogP contribution in [-0.2, 0) is 4.79 Å². The summed E-state index contributed by atoms with van der Waals surface area (Å²) in [6.07, 6.45) is 7.40. The van der Waals surface area contributed by atoms with Crippen LogP contribution in [0.5, 0.6) is 0 Å². The van der Waals surface area contributed by atoms with Crippen molar-refractivity contribution in [3.05, 3.63) is 0 Å². The molecule has 104 valence electrons. The maximum atomic E-state index is 9.43. The van der Waals surface area contributed by atoms with Crippen LogP contribution in [0.25, 0.3) is 0 Å². The molecule has 0 heterocycles. The van der Waals surface area contributed by atoms with Crippen molar-refractivity contribution in [2.75, 3.05) is 0 Å². The van der Waals surface area contributed by atoms with Gasteiger partial charge in [-0.25, -0.2) is 0 Å². The Morgan fingerprint density at radius 1 is 0.889 bits per heavy atom. The van der Waals surface area contributed by atoms with Crippen molar-refractivity contribution in [2.45, 2.75) is 70.5 Å². The fraction of sp³-hybridized carbons (Fsp3) is 0.786. The quantitative estimate of drug-likeness (QED) is 0.579.